The molecule has 4 heteroatoms. The summed E-state index contributed by atoms with van der Waals surface area (Å²) in [5.74, 6) is 0.0759. The van der Waals surface area contributed by atoms with Crippen molar-refractivity contribution in [3.8, 4) is 0 Å². The molecule has 1 heterocycles. The zero-order valence-corrected chi connectivity index (χ0v) is 8.87. The Hall–Kier alpha value is -1.55. The van der Waals surface area contributed by atoms with E-state index >= 15 is 0 Å². The van der Waals surface area contributed by atoms with Gasteiger partial charge in [0, 0.05) is 17.3 Å². The summed E-state index contributed by atoms with van der Waals surface area (Å²) in [6, 6.07) is 9.43. The zero-order valence-electron chi connectivity index (χ0n) is 7.97. The summed E-state index contributed by atoms with van der Waals surface area (Å²) in [7, 11) is 0. The molecule has 3 nitrogen and oxygen atoms in total. The lowest BCUT2D eigenvalue weighted by Crippen LogP contribution is -2.12. The molecule has 1 amide bonds. The van der Waals surface area contributed by atoms with E-state index in [0.29, 0.717) is 0 Å². The summed E-state index contributed by atoms with van der Waals surface area (Å²) in [6.45, 7) is 0. The topological polar surface area (TPSA) is 42.0 Å². The van der Waals surface area contributed by atoms with Gasteiger partial charge >= 0.3 is 0 Å². The van der Waals surface area contributed by atoms with Crippen molar-refractivity contribution in [3.05, 3.63) is 36.5 Å². The second-order valence-electron chi connectivity index (χ2n) is 3.12. The fourth-order valence-electron chi connectivity index (χ4n) is 1.35. The Bertz CT molecular complexity index is 499. The molecular weight excluding hydrogens is 208 g/mol. The van der Waals surface area contributed by atoms with Crippen LogP contribution >= 0.6 is 12.6 Å². The Kier molecular flexibility index (Phi) is 2.87. The number of anilines is 1. The van der Waals surface area contributed by atoms with E-state index in [9.17, 15) is 4.79 Å². The van der Waals surface area contributed by atoms with Gasteiger partial charge in [-0.05, 0) is 24.3 Å². The summed E-state index contributed by atoms with van der Waals surface area (Å²) < 4.78 is 0. The number of benzene rings is 1. The largest absolute Gasteiger partial charge is 0.325 e. The van der Waals surface area contributed by atoms with Gasteiger partial charge in [0.2, 0.25) is 5.91 Å². The number of nitrogens with one attached hydrogen (secondary N) is 1. The lowest BCUT2D eigenvalue weighted by molar-refractivity contribution is -0.113. The second kappa shape index (κ2) is 4.31. The number of carbonyl (C=O) groups excluding carboxylic acids is 1. The second-order valence-corrected chi connectivity index (χ2v) is 3.43. The van der Waals surface area contributed by atoms with Crippen molar-refractivity contribution in [3.63, 3.8) is 0 Å². The highest BCUT2D eigenvalue weighted by molar-refractivity contribution is 7.81. The van der Waals surface area contributed by atoms with Crippen LogP contribution in [0.3, 0.4) is 0 Å². The third kappa shape index (κ3) is 2.27. The quantitative estimate of drug-likeness (QED) is 0.758. The van der Waals surface area contributed by atoms with Gasteiger partial charge in [0.15, 0.2) is 0 Å². The predicted molar refractivity (Wildman–Crippen MR) is 64.2 cm³/mol. The number of fused-ring (bicyclic) bond motifs is 1. The van der Waals surface area contributed by atoms with Gasteiger partial charge in [-0.15, -0.1) is 0 Å². The molecular formula is C11H10N2OS. The fourth-order valence-corrected chi connectivity index (χ4v) is 1.43. The molecule has 0 saturated heterocycles. The van der Waals surface area contributed by atoms with Crippen molar-refractivity contribution < 1.29 is 4.79 Å². The van der Waals surface area contributed by atoms with Crippen LogP contribution in [-0.2, 0) is 4.79 Å². The van der Waals surface area contributed by atoms with Crippen LogP contribution < -0.4 is 5.32 Å². The number of hydrogen-bond donors (Lipinski definition) is 2. The minimum Gasteiger partial charge on any atom is -0.325 e. The number of amides is 1. The standard InChI is InChI=1S/C11H10N2OS/c14-11(7-15)13-9-3-4-10-8(6-9)2-1-5-12-10/h1-6,15H,7H2,(H,13,14). The van der Waals surface area contributed by atoms with Crippen LogP contribution in [0.5, 0.6) is 0 Å². The van der Waals surface area contributed by atoms with Crippen molar-refractivity contribution >= 4 is 35.1 Å². The molecule has 0 aliphatic heterocycles. The van der Waals surface area contributed by atoms with Crippen LogP contribution in [-0.4, -0.2) is 16.6 Å². The maximum absolute atomic E-state index is 11.1. The Morgan fingerprint density at radius 3 is 3.07 bits per heavy atom. The van der Waals surface area contributed by atoms with E-state index in [1.54, 1.807) is 6.20 Å². The number of pyridine rings is 1. The van der Waals surface area contributed by atoms with Crippen LogP contribution in [0.25, 0.3) is 10.9 Å². The monoisotopic (exact) mass is 218 g/mol. The highest BCUT2D eigenvalue weighted by Gasteiger charge is 2.00. The molecule has 2 aromatic rings. The van der Waals surface area contributed by atoms with Crippen molar-refractivity contribution in [1.82, 2.24) is 4.98 Å². The molecule has 0 aliphatic rings. The van der Waals surface area contributed by atoms with E-state index in [4.69, 9.17) is 0 Å². The summed E-state index contributed by atoms with van der Waals surface area (Å²) in [5, 5.41) is 3.75. The van der Waals surface area contributed by atoms with E-state index in [0.717, 1.165) is 16.6 Å². The first-order valence-electron chi connectivity index (χ1n) is 4.55. The maximum atomic E-state index is 11.1. The highest BCUT2D eigenvalue weighted by Crippen LogP contribution is 2.16. The van der Waals surface area contributed by atoms with Crippen molar-refractivity contribution in [2.45, 2.75) is 0 Å². The van der Waals surface area contributed by atoms with E-state index in [2.05, 4.69) is 22.9 Å². The van der Waals surface area contributed by atoms with Gasteiger partial charge in [-0.3, -0.25) is 9.78 Å². The van der Waals surface area contributed by atoms with Gasteiger partial charge in [0.25, 0.3) is 0 Å². The molecule has 15 heavy (non-hydrogen) atoms. The minimum atomic E-state index is -0.110. The lowest BCUT2D eigenvalue weighted by Gasteiger charge is -2.04. The van der Waals surface area contributed by atoms with Gasteiger partial charge in [-0.2, -0.15) is 12.6 Å². The van der Waals surface area contributed by atoms with Crippen LogP contribution in [0.1, 0.15) is 0 Å². The molecule has 0 aliphatic carbocycles. The van der Waals surface area contributed by atoms with Crippen LogP contribution in [0.2, 0.25) is 0 Å². The Labute approximate surface area is 92.9 Å². The molecule has 0 unspecified atom stereocenters. The molecule has 0 fully saturated rings. The average molecular weight is 218 g/mol. The first kappa shape index (κ1) is 9.98. The van der Waals surface area contributed by atoms with Gasteiger partial charge in [0.05, 0.1) is 11.3 Å². The van der Waals surface area contributed by atoms with Crippen molar-refractivity contribution in [1.29, 1.82) is 0 Å². The molecule has 1 N–H and O–H groups in total. The lowest BCUT2D eigenvalue weighted by atomic mass is 10.2. The molecule has 0 bridgehead atoms. The summed E-state index contributed by atoms with van der Waals surface area (Å²) in [5.41, 5.74) is 1.69. The first-order valence-corrected chi connectivity index (χ1v) is 5.18. The van der Waals surface area contributed by atoms with Crippen molar-refractivity contribution in [2.24, 2.45) is 0 Å². The molecule has 2 rings (SSSR count). The summed E-state index contributed by atoms with van der Waals surface area (Å²) in [4.78, 5) is 15.3. The third-order valence-electron chi connectivity index (χ3n) is 2.03. The van der Waals surface area contributed by atoms with Gasteiger partial charge in [-0.25, -0.2) is 0 Å². The van der Waals surface area contributed by atoms with Crippen molar-refractivity contribution in [2.75, 3.05) is 11.1 Å². The Balaban J connectivity index is 2.34. The summed E-state index contributed by atoms with van der Waals surface area (Å²) in [6.07, 6.45) is 1.74. The third-order valence-corrected chi connectivity index (χ3v) is 2.32. The fraction of sp³-hybridized carbons (Fsp3) is 0.0909. The Morgan fingerprint density at radius 2 is 2.27 bits per heavy atom. The molecule has 1 aromatic carbocycles. The molecule has 1 aromatic heterocycles. The predicted octanol–water partition coefficient (Wildman–Crippen LogP) is 2.10. The number of hydrogen-bond acceptors (Lipinski definition) is 3. The van der Waals surface area contributed by atoms with Crippen LogP contribution in [0.15, 0.2) is 36.5 Å². The Morgan fingerprint density at radius 1 is 1.40 bits per heavy atom. The van der Waals surface area contributed by atoms with E-state index in [1.165, 1.54) is 0 Å². The molecule has 0 spiro atoms. The minimum absolute atomic E-state index is 0.110. The SMILES string of the molecule is O=C(CS)Nc1ccc2ncccc2c1. The molecule has 76 valence electrons. The van der Waals surface area contributed by atoms with E-state index < -0.39 is 0 Å². The number of thiol groups is 1. The maximum Gasteiger partial charge on any atom is 0.234 e. The van der Waals surface area contributed by atoms with E-state index in [-0.39, 0.29) is 11.7 Å². The van der Waals surface area contributed by atoms with Gasteiger partial charge < -0.3 is 5.32 Å². The van der Waals surface area contributed by atoms with Gasteiger partial charge in [0.1, 0.15) is 0 Å². The van der Waals surface area contributed by atoms with Crippen LogP contribution in [0.4, 0.5) is 5.69 Å². The number of rotatable bonds is 2. The average Bonchev–Trinajstić information content (AvgIpc) is 2.29. The number of carbonyl (C=O) groups is 1. The molecule has 0 radical (unpaired) electrons. The highest BCUT2D eigenvalue weighted by atomic mass is 32.1. The smallest absolute Gasteiger partial charge is 0.234 e. The molecule has 0 saturated carbocycles. The molecule has 0 atom stereocenters. The zero-order chi connectivity index (χ0) is 10.7. The number of nitrogens with zero attached hydrogens (tertiary/aromatic N) is 1. The first-order chi connectivity index (χ1) is 7.29. The number of aromatic nitrogens is 1. The van der Waals surface area contributed by atoms with Crippen LogP contribution in [0, 0.1) is 0 Å². The normalized spacial score (nSPS) is 10.2. The van der Waals surface area contributed by atoms with Gasteiger partial charge in [-0.1, -0.05) is 6.07 Å². The summed E-state index contributed by atoms with van der Waals surface area (Å²) >= 11 is 3.89. The van der Waals surface area contributed by atoms with E-state index in [1.807, 2.05) is 30.3 Å².